The van der Waals surface area contributed by atoms with Gasteiger partial charge in [0.2, 0.25) is 0 Å². The Kier molecular flexibility index (Phi) is 7.15. The van der Waals surface area contributed by atoms with Crippen molar-refractivity contribution >= 4 is 26.8 Å². The van der Waals surface area contributed by atoms with Crippen LogP contribution in [0.2, 0.25) is 0 Å². The van der Waals surface area contributed by atoms with Crippen molar-refractivity contribution in [3.8, 4) is 11.4 Å². The normalized spacial score (nSPS) is 14.5. The number of pyridine rings is 1. The lowest BCUT2D eigenvalue weighted by atomic mass is 10.1. The van der Waals surface area contributed by atoms with Crippen LogP contribution in [0.15, 0.2) is 34.3 Å². The molecule has 204 valence electrons. The lowest BCUT2D eigenvalue weighted by Gasteiger charge is -2.19. The number of hydrogen-bond acceptors (Lipinski definition) is 10. The van der Waals surface area contributed by atoms with Crippen LogP contribution in [0.5, 0.6) is 0 Å². The topological polar surface area (TPSA) is 146 Å². The molecule has 1 fully saturated rings. The summed E-state index contributed by atoms with van der Waals surface area (Å²) < 4.78 is 25.8. The van der Waals surface area contributed by atoms with E-state index in [0.29, 0.717) is 40.7 Å². The first-order chi connectivity index (χ1) is 18.6. The van der Waals surface area contributed by atoms with Gasteiger partial charge in [-0.2, -0.15) is 0 Å². The quantitative estimate of drug-likeness (QED) is 0.327. The van der Waals surface area contributed by atoms with E-state index in [4.69, 9.17) is 9.97 Å². The molecule has 0 aliphatic heterocycles. The van der Waals surface area contributed by atoms with Crippen LogP contribution in [-0.2, 0) is 16.4 Å². The van der Waals surface area contributed by atoms with Crippen LogP contribution >= 0.6 is 0 Å². The highest BCUT2D eigenvalue weighted by Gasteiger charge is 2.30. The molecular formula is C27H32N8O3S. The Hall–Kier alpha value is -3.80. The molecule has 1 atom stereocenters. The second-order valence-electron chi connectivity index (χ2n) is 9.93. The maximum Gasteiger partial charge on any atom is 0.295 e. The van der Waals surface area contributed by atoms with Gasteiger partial charge in [-0.3, -0.25) is 14.3 Å². The molecule has 0 unspecified atom stereocenters. The Morgan fingerprint density at radius 3 is 2.46 bits per heavy atom. The zero-order valence-corrected chi connectivity index (χ0v) is 23.6. The third kappa shape index (κ3) is 5.12. The summed E-state index contributed by atoms with van der Waals surface area (Å²) in [6.45, 7) is 9.57. The van der Waals surface area contributed by atoms with Crippen molar-refractivity contribution in [3.63, 3.8) is 0 Å². The van der Waals surface area contributed by atoms with Crippen LogP contribution in [0, 0.1) is 13.8 Å². The predicted octanol–water partition coefficient (Wildman–Crippen LogP) is 3.91. The van der Waals surface area contributed by atoms with Gasteiger partial charge < -0.3 is 5.32 Å². The highest BCUT2D eigenvalue weighted by Crippen LogP contribution is 2.43. The summed E-state index contributed by atoms with van der Waals surface area (Å²) in [4.78, 5) is 41.4. The SMILES string of the molecule is CC[C@@H](C)n1c(=O)c(NCc2ccc(S(=O)(=O)CC)cn2)nc2c(C)nc(-c3c(C)ncnc3C3CC3)nc21. The van der Waals surface area contributed by atoms with E-state index in [9.17, 15) is 13.2 Å². The summed E-state index contributed by atoms with van der Waals surface area (Å²) in [5.41, 5.74) is 4.52. The van der Waals surface area contributed by atoms with E-state index in [2.05, 4.69) is 25.3 Å². The molecule has 0 amide bonds. The molecule has 0 aromatic carbocycles. The van der Waals surface area contributed by atoms with Crippen molar-refractivity contribution in [2.75, 3.05) is 11.1 Å². The summed E-state index contributed by atoms with van der Waals surface area (Å²) >= 11 is 0. The standard InChI is InChI=1S/C27H32N8O3S/c1-6-15(3)35-26-22(17(5)32-24(34-26)21-16(4)30-14-31-23(21)18-8-9-18)33-25(27(35)36)29-12-19-10-11-20(13-28-19)39(37,38)7-2/h10-11,13-15,18H,6-9,12H2,1-5H3,(H,29,33)/t15-/m1/s1. The lowest BCUT2D eigenvalue weighted by Crippen LogP contribution is -2.29. The maximum atomic E-state index is 13.7. The van der Waals surface area contributed by atoms with E-state index in [1.807, 2.05) is 27.7 Å². The zero-order valence-electron chi connectivity index (χ0n) is 22.8. The first-order valence-corrected chi connectivity index (χ1v) is 14.8. The molecule has 0 spiro atoms. The van der Waals surface area contributed by atoms with Crippen LogP contribution < -0.4 is 10.9 Å². The van der Waals surface area contributed by atoms with Crippen molar-refractivity contribution in [1.82, 2.24) is 34.5 Å². The minimum Gasteiger partial charge on any atom is -0.360 e. The first kappa shape index (κ1) is 26.8. The van der Waals surface area contributed by atoms with E-state index in [1.54, 1.807) is 23.9 Å². The summed E-state index contributed by atoms with van der Waals surface area (Å²) in [5.74, 6) is 1.05. The number of hydrogen-bond donors (Lipinski definition) is 1. The highest BCUT2D eigenvalue weighted by molar-refractivity contribution is 7.91. The average molecular weight is 549 g/mol. The number of anilines is 1. The number of rotatable bonds is 9. The molecule has 4 heterocycles. The van der Waals surface area contributed by atoms with Crippen LogP contribution in [-0.4, -0.2) is 48.6 Å². The van der Waals surface area contributed by atoms with E-state index in [1.165, 1.54) is 12.3 Å². The molecule has 11 nitrogen and oxygen atoms in total. The molecule has 4 aromatic rings. The predicted molar refractivity (Wildman–Crippen MR) is 148 cm³/mol. The monoisotopic (exact) mass is 548 g/mol. The largest absolute Gasteiger partial charge is 0.360 e. The van der Waals surface area contributed by atoms with Crippen LogP contribution in [0.25, 0.3) is 22.6 Å². The van der Waals surface area contributed by atoms with Gasteiger partial charge in [0.1, 0.15) is 11.8 Å². The Bertz CT molecular complexity index is 1710. The van der Waals surface area contributed by atoms with Crippen molar-refractivity contribution in [2.45, 2.75) is 77.3 Å². The Balaban J connectivity index is 1.57. The Morgan fingerprint density at radius 2 is 1.82 bits per heavy atom. The van der Waals surface area contributed by atoms with E-state index >= 15 is 0 Å². The summed E-state index contributed by atoms with van der Waals surface area (Å²) in [7, 11) is -3.34. The lowest BCUT2D eigenvalue weighted by molar-refractivity contribution is 0.526. The van der Waals surface area contributed by atoms with Gasteiger partial charge in [-0.25, -0.2) is 33.3 Å². The van der Waals surface area contributed by atoms with Gasteiger partial charge in [0.15, 0.2) is 27.1 Å². The second kappa shape index (κ2) is 10.4. The molecule has 1 N–H and O–H groups in total. The van der Waals surface area contributed by atoms with Crippen LogP contribution in [0.1, 0.15) is 74.8 Å². The Morgan fingerprint density at radius 1 is 1.05 bits per heavy atom. The van der Waals surface area contributed by atoms with Crippen molar-refractivity contribution < 1.29 is 8.42 Å². The van der Waals surface area contributed by atoms with Gasteiger partial charge >= 0.3 is 0 Å². The molecule has 1 aliphatic carbocycles. The van der Waals surface area contributed by atoms with Crippen molar-refractivity contribution in [2.24, 2.45) is 0 Å². The molecule has 4 aromatic heterocycles. The summed E-state index contributed by atoms with van der Waals surface area (Å²) in [5, 5.41) is 3.10. The molecule has 1 saturated carbocycles. The van der Waals surface area contributed by atoms with Crippen molar-refractivity contribution in [3.05, 3.63) is 57.8 Å². The average Bonchev–Trinajstić information content (AvgIpc) is 3.77. The van der Waals surface area contributed by atoms with Gasteiger partial charge in [0.25, 0.3) is 5.56 Å². The number of nitrogens with zero attached hydrogens (tertiary/aromatic N) is 7. The van der Waals surface area contributed by atoms with Gasteiger partial charge in [-0.1, -0.05) is 13.8 Å². The van der Waals surface area contributed by atoms with E-state index < -0.39 is 9.84 Å². The van der Waals surface area contributed by atoms with Crippen LogP contribution in [0.4, 0.5) is 5.82 Å². The van der Waals surface area contributed by atoms with E-state index in [-0.39, 0.29) is 34.6 Å². The van der Waals surface area contributed by atoms with Gasteiger partial charge in [-0.05, 0) is 52.2 Å². The van der Waals surface area contributed by atoms with Crippen LogP contribution in [0.3, 0.4) is 0 Å². The number of fused-ring (bicyclic) bond motifs is 1. The molecule has 39 heavy (non-hydrogen) atoms. The zero-order chi connectivity index (χ0) is 27.9. The number of sulfone groups is 1. The van der Waals surface area contributed by atoms with Gasteiger partial charge in [-0.15, -0.1) is 0 Å². The number of nitrogens with one attached hydrogen (secondary N) is 1. The summed E-state index contributed by atoms with van der Waals surface area (Å²) in [6, 6.07) is 3.02. The minimum atomic E-state index is -3.34. The first-order valence-electron chi connectivity index (χ1n) is 13.2. The maximum absolute atomic E-state index is 13.7. The minimum absolute atomic E-state index is 0.00430. The van der Waals surface area contributed by atoms with Gasteiger partial charge in [0.05, 0.1) is 45.5 Å². The fourth-order valence-corrected chi connectivity index (χ4v) is 5.34. The molecule has 1 aliphatic rings. The molecule has 0 bridgehead atoms. The summed E-state index contributed by atoms with van der Waals surface area (Å²) in [6.07, 6.45) is 5.80. The Labute approximate surface area is 227 Å². The molecule has 12 heteroatoms. The van der Waals surface area contributed by atoms with Gasteiger partial charge in [0, 0.05) is 18.2 Å². The molecule has 0 saturated heterocycles. The third-order valence-electron chi connectivity index (χ3n) is 7.17. The third-order valence-corrected chi connectivity index (χ3v) is 8.89. The second-order valence-corrected chi connectivity index (χ2v) is 12.2. The van der Waals surface area contributed by atoms with E-state index in [0.717, 1.165) is 29.8 Å². The molecular weight excluding hydrogens is 516 g/mol. The fourth-order valence-electron chi connectivity index (χ4n) is 4.51. The smallest absolute Gasteiger partial charge is 0.295 e. The molecule has 0 radical (unpaired) electrons. The fraction of sp³-hybridized carbons (Fsp3) is 0.444. The number of aromatic nitrogens is 7. The van der Waals surface area contributed by atoms with Crippen molar-refractivity contribution in [1.29, 1.82) is 0 Å². The molecule has 5 rings (SSSR count). The number of aryl methyl sites for hydroxylation is 2. The highest BCUT2D eigenvalue weighted by atomic mass is 32.2.